The van der Waals surface area contributed by atoms with Crippen molar-refractivity contribution >= 4 is 17.5 Å². The number of benzene rings is 2. The summed E-state index contributed by atoms with van der Waals surface area (Å²) in [6.07, 6.45) is -15.7. The molecule has 9 atom stereocenters. The average molecular weight is 569 g/mol. The van der Waals surface area contributed by atoms with E-state index in [9.17, 15) is 45.6 Å². The number of ether oxygens (including phenoxy) is 3. The van der Waals surface area contributed by atoms with E-state index in [4.69, 9.17) is 14.2 Å². The molecule has 40 heavy (non-hydrogen) atoms. The van der Waals surface area contributed by atoms with E-state index in [1.807, 2.05) is 30.3 Å². The highest BCUT2D eigenvalue weighted by Gasteiger charge is 2.46. The standard InChI is InChI=1S/C26H36N2O12/c29-11-18(32)24(40-25-23(36)22(35)21(34)19(12-30)39-25)20(33)17(31)10-27-15-6-8-16(9-7-15)28-26(37)38-13-14-4-2-1-3-5-14/h1-9,17-25,27,29-36H,10-13H2,(H,28,37)/t17-,18+,19+,20+,21-,22-,23+,24+,25-/m0/s1. The lowest BCUT2D eigenvalue weighted by Crippen LogP contribution is -2.61. The van der Waals surface area contributed by atoms with Gasteiger partial charge in [-0.3, -0.25) is 5.32 Å². The van der Waals surface area contributed by atoms with Crippen LogP contribution in [0.2, 0.25) is 0 Å². The van der Waals surface area contributed by atoms with Crippen molar-refractivity contribution in [3.8, 4) is 0 Å². The molecular formula is C26H36N2O12. The maximum Gasteiger partial charge on any atom is 0.411 e. The summed E-state index contributed by atoms with van der Waals surface area (Å²) in [5, 5.41) is 85.5. The maximum absolute atomic E-state index is 12.0. The van der Waals surface area contributed by atoms with Crippen molar-refractivity contribution in [2.24, 2.45) is 0 Å². The van der Waals surface area contributed by atoms with Crippen LogP contribution in [-0.4, -0.2) is 122 Å². The van der Waals surface area contributed by atoms with E-state index in [0.29, 0.717) is 11.4 Å². The van der Waals surface area contributed by atoms with E-state index in [1.165, 1.54) is 0 Å². The summed E-state index contributed by atoms with van der Waals surface area (Å²) < 4.78 is 15.8. The predicted octanol–water partition coefficient (Wildman–Crippen LogP) is -1.89. The van der Waals surface area contributed by atoms with Crippen LogP contribution < -0.4 is 10.6 Å². The van der Waals surface area contributed by atoms with Crippen molar-refractivity contribution in [2.75, 3.05) is 30.4 Å². The molecule has 0 saturated carbocycles. The zero-order valence-corrected chi connectivity index (χ0v) is 21.4. The molecule has 222 valence electrons. The molecule has 0 bridgehead atoms. The van der Waals surface area contributed by atoms with Gasteiger partial charge >= 0.3 is 6.09 Å². The van der Waals surface area contributed by atoms with E-state index in [2.05, 4.69) is 10.6 Å². The molecule has 2 aromatic rings. The molecule has 2 aromatic carbocycles. The van der Waals surface area contributed by atoms with Crippen LogP contribution in [0.25, 0.3) is 0 Å². The normalized spacial score (nSPS) is 25.9. The number of anilines is 2. The van der Waals surface area contributed by atoms with Crippen LogP contribution >= 0.6 is 0 Å². The zero-order chi connectivity index (χ0) is 29.2. The topological polar surface area (TPSA) is 231 Å². The molecule has 1 fully saturated rings. The molecule has 10 N–H and O–H groups in total. The number of rotatable bonds is 13. The molecule has 0 aromatic heterocycles. The molecule has 0 aliphatic carbocycles. The molecule has 1 saturated heterocycles. The Morgan fingerprint density at radius 3 is 2.15 bits per heavy atom. The van der Waals surface area contributed by atoms with Gasteiger partial charge in [0.25, 0.3) is 0 Å². The van der Waals surface area contributed by atoms with Gasteiger partial charge in [-0.25, -0.2) is 4.79 Å². The summed E-state index contributed by atoms with van der Waals surface area (Å²) in [7, 11) is 0. The zero-order valence-electron chi connectivity index (χ0n) is 21.4. The smallest absolute Gasteiger partial charge is 0.411 e. The predicted molar refractivity (Wildman–Crippen MR) is 139 cm³/mol. The quantitative estimate of drug-likeness (QED) is 0.128. The van der Waals surface area contributed by atoms with Crippen LogP contribution in [0.1, 0.15) is 5.56 Å². The first kappa shape index (κ1) is 31.6. The third kappa shape index (κ3) is 8.55. The third-order valence-electron chi connectivity index (χ3n) is 6.30. The molecule has 1 aliphatic rings. The summed E-state index contributed by atoms with van der Waals surface area (Å²) >= 11 is 0. The van der Waals surface area contributed by atoms with Gasteiger partial charge in [0, 0.05) is 17.9 Å². The van der Waals surface area contributed by atoms with Gasteiger partial charge in [0.15, 0.2) is 6.29 Å². The van der Waals surface area contributed by atoms with Crippen LogP contribution in [0.5, 0.6) is 0 Å². The molecule has 1 heterocycles. The van der Waals surface area contributed by atoms with E-state index in [-0.39, 0.29) is 13.2 Å². The van der Waals surface area contributed by atoms with Gasteiger partial charge in [0.2, 0.25) is 0 Å². The SMILES string of the molecule is O=C(Nc1ccc(NC[C@H](O)[C@@H](O)[C@H](O[C@@H]2O[C@H](CO)[C@H](O)[C@H](O)[C@H]2O)[C@H](O)CO)cc1)OCc1ccccc1. The summed E-state index contributed by atoms with van der Waals surface area (Å²) in [5.74, 6) is 0. The van der Waals surface area contributed by atoms with E-state index >= 15 is 0 Å². The highest BCUT2D eigenvalue weighted by molar-refractivity contribution is 5.84. The van der Waals surface area contributed by atoms with Crippen LogP contribution in [0.4, 0.5) is 16.2 Å². The van der Waals surface area contributed by atoms with Crippen LogP contribution in [-0.2, 0) is 20.8 Å². The highest BCUT2D eigenvalue weighted by Crippen LogP contribution is 2.25. The number of aliphatic hydroxyl groups excluding tert-OH is 8. The minimum atomic E-state index is -1.82. The highest BCUT2D eigenvalue weighted by atomic mass is 16.7. The van der Waals surface area contributed by atoms with Gasteiger partial charge in [0.1, 0.15) is 49.3 Å². The monoisotopic (exact) mass is 568 g/mol. The minimum absolute atomic E-state index is 0.110. The van der Waals surface area contributed by atoms with E-state index in [1.54, 1.807) is 24.3 Å². The summed E-state index contributed by atoms with van der Waals surface area (Å²) in [6.45, 7) is -1.75. The van der Waals surface area contributed by atoms with Gasteiger partial charge < -0.3 is 60.4 Å². The lowest BCUT2D eigenvalue weighted by atomic mass is 9.98. The van der Waals surface area contributed by atoms with Gasteiger partial charge in [-0.05, 0) is 29.8 Å². The number of amides is 1. The van der Waals surface area contributed by atoms with Crippen molar-refractivity contribution in [1.82, 2.24) is 0 Å². The van der Waals surface area contributed by atoms with Gasteiger partial charge in [0.05, 0.1) is 19.3 Å². The fraction of sp³-hybridized carbons (Fsp3) is 0.500. The van der Waals surface area contributed by atoms with E-state index < -0.39 is 74.4 Å². The largest absolute Gasteiger partial charge is 0.444 e. The molecule has 1 amide bonds. The second-order valence-corrected chi connectivity index (χ2v) is 9.25. The third-order valence-corrected chi connectivity index (χ3v) is 6.30. The Hall–Kier alpha value is -2.89. The Labute approximate surface area is 230 Å². The summed E-state index contributed by atoms with van der Waals surface area (Å²) in [5.41, 5.74) is 1.79. The molecule has 3 rings (SSSR count). The Bertz CT molecular complexity index is 1030. The Morgan fingerprint density at radius 2 is 1.52 bits per heavy atom. The molecule has 0 unspecified atom stereocenters. The lowest BCUT2D eigenvalue weighted by molar-refractivity contribution is -0.326. The molecule has 1 aliphatic heterocycles. The maximum atomic E-state index is 12.0. The number of nitrogens with one attached hydrogen (secondary N) is 2. The van der Waals surface area contributed by atoms with Crippen molar-refractivity contribution < 1.29 is 59.9 Å². The van der Waals surface area contributed by atoms with Gasteiger partial charge in [-0.1, -0.05) is 30.3 Å². The van der Waals surface area contributed by atoms with Crippen LogP contribution in [0.15, 0.2) is 54.6 Å². The molecule has 0 spiro atoms. The molecule has 14 heteroatoms. The molecule has 14 nitrogen and oxygen atoms in total. The first-order valence-electron chi connectivity index (χ1n) is 12.6. The minimum Gasteiger partial charge on any atom is -0.444 e. The number of hydrogen-bond acceptors (Lipinski definition) is 13. The van der Waals surface area contributed by atoms with Crippen LogP contribution in [0, 0.1) is 0 Å². The summed E-state index contributed by atoms with van der Waals surface area (Å²) in [4.78, 5) is 12.0. The van der Waals surface area contributed by atoms with Gasteiger partial charge in [-0.2, -0.15) is 0 Å². The van der Waals surface area contributed by atoms with Crippen LogP contribution in [0.3, 0.4) is 0 Å². The fourth-order valence-corrected chi connectivity index (χ4v) is 3.95. The first-order chi connectivity index (χ1) is 19.1. The Morgan fingerprint density at radius 1 is 0.875 bits per heavy atom. The Balaban J connectivity index is 1.52. The Kier molecular flexibility index (Phi) is 12.0. The van der Waals surface area contributed by atoms with Crippen molar-refractivity contribution in [3.63, 3.8) is 0 Å². The number of aliphatic hydroxyl groups is 8. The fourth-order valence-electron chi connectivity index (χ4n) is 3.95. The van der Waals surface area contributed by atoms with Crippen molar-refractivity contribution in [1.29, 1.82) is 0 Å². The second kappa shape index (κ2) is 15.2. The van der Waals surface area contributed by atoms with Gasteiger partial charge in [-0.15, -0.1) is 0 Å². The summed E-state index contributed by atoms with van der Waals surface area (Å²) in [6, 6.07) is 15.5. The number of hydrogen-bond donors (Lipinski definition) is 10. The lowest BCUT2D eigenvalue weighted by Gasteiger charge is -2.42. The average Bonchev–Trinajstić information content (AvgIpc) is 2.97. The van der Waals surface area contributed by atoms with Crippen molar-refractivity contribution in [3.05, 3.63) is 60.2 Å². The number of carbonyl (C=O) groups is 1. The number of carbonyl (C=O) groups excluding carboxylic acids is 1. The van der Waals surface area contributed by atoms with E-state index in [0.717, 1.165) is 5.56 Å². The second-order valence-electron chi connectivity index (χ2n) is 9.25. The van der Waals surface area contributed by atoms with Crippen molar-refractivity contribution in [2.45, 2.75) is 61.7 Å². The molecular weight excluding hydrogens is 532 g/mol. The molecule has 0 radical (unpaired) electrons. The first-order valence-corrected chi connectivity index (χ1v) is 12.6.